The Kier molecular flexibility index (Phi) is 5.47. The van der Waals surface area contributed by atoms with Gasteiger partial charge in [-0.25, -0.2) is 0 Å². The summed E-state index contributed by atoms with van der Waals surface area (Å²) in [6, 6.07) is 21.5. The molecule has 0 saturated carbocycles. The van der Waals surface area contributed by atoms with Crippen LogP contribution in [0.4, 0.5) is 0 Å². The van der Waals surface area contributed by atoms with Crippen molar-refractivity contribution in [1.29, 1.82) is 5.26 Å². The molecule has 26 heavy (non-hydrogen) atoms. The molecule has 3 rings (SSSR count). The first-order chi connectivity index (χ1) is 12.7. The lowest BCUT2D eigenvalue weighted by Crippen LogP contribution is -2.34. The van der Waals surface area contributed by atoms with Gasteiger partial charge in [0.1, 0.15) is 11.9 Å². The van der Waals surface area contributed by atoms with Crippen LogP contribution in [0.5, 0.6) is 0 Å². The molecule has 0 radical (unpaired) electrons. The second-order valence-corrected chi connectivity index (χ2v) is 5.90. The van der Waals surface area contributed by atoms with Crippen LogP contribution >= 0.6 is 0 Å². The van der Waals surface area contributed by atoms with E-state index in [2.05, 4.69) is 0 Å². The topological polar surface area (TPSA) is 77.5 Å². The van der Waals surface area contributed by atoms with E-state index in [4.69, 9.17) is 9.68 Å². The first-order valence-corrected chi connectivity index (χ1v) is 8.22. The van der Waals surface area contributed by atoms with E-state index < -0.39 is 6.10 Å². The monoisotopic (exact) mass is 346 g/mol. The third-order valence-corrected chi connectivity index (χ3v) is 4.01. The Morgan fingerprint density at radius 2 is 1.92 bits per heavy atom. The number of aliphatic hydroxyl groups is 1. The van der Waals surface area contributed by atoms with Gasteiger partial charge in [0.05, 0.1) is 24.4 Å². The normalized spacial score (nSPS) is 11.5. The average Bonchev–Trinajstić information content (AvgIpc) is 3.23. The maximum absolute atomic E-state index is 13.0. The van der Waals surface area contributed by atoms with Gasteiger partial charge in [0, 0.05) is 12.1 Å². The van der Waals surface area contributed by atoms with E-state index in [0.29, 0.717) is 23.4 Å². The van der Waals surface area contributed by atoms with E-state index in [1.165, 1.54) is 6.26 Å². The predicted octanol–water partition coefficient (Wildman–Crippen LogP) is 3.53. The number of hydrogen-bond acceptors (Lipinski definition) is 4. The molecule has 0 saturated heterocycles. The molecule has 0 fully saturated rings. The lowest BCUT2D eigenvalue weighted by atomic mass is 10.1. The minimum Gasteiger partial charge on any atom is -0.467 e. The standard InChI is InChI=1S/C21H18N2O3/c22-13-17-8-4-9-18(12-17)21(25)23(14-16-6-2-1-3-7-16)15-19(24)20-10-5-11-26-20/h1-12,19,24H,14-15H2. The fraction of sp³-hybridized carbons (Fsp3) is 0.143. The molecule has 0 aliphatic carbocycles. The van der Waals surface area contributed by atoms with Crippen LogP contribution in [-0.2, 0) is 6.54 Å². The number of nitriles is 1. The zero-order chi connectivity index (χ0) is 18.4. The average molecular weight is 346 g/mol. The zero-order valence-corrected chi connectivity index (χ0v) is 14.1. The van der Waals surface area contributed by atoms with Crippen LogP contribution in [0.2, 0.25) is 0 Å². The number of carbonyl (C=O) groups excluding carboxylic acids is 1. The largest absolute Gasteiger partial charge is 0.467 e. The number of nitrogens with zero attached hydrogens (tertiary/aromatic N) is 2. The van der Waals surface area contributed by atoms with E-state index in [1.807, 2.05) is 36.4 Å². The molecule has 0 aliphatic heterocycles. The highest BCUT2D eigenvalue weighted by atomic mass is 16.4. The minimum atomic E-state index is -0.934. The van der Waals surface area contributed by atoms with Crippen LogP contribution in [0, 0.1) is 11.3 Å². The summed E-state index contributed by atoms with van der Waals surface area (Å²) in [4.78, 5) is 14.6. The summed E-state index contributed by atoms with van der Waals surface area (Å²) in [5.41, 5.74) is 1.78. The maximum Gasteiger partial charge on any atom is 0.254 e. The van der Waals surface area contributed by atoms with Gasteiger partial charge < -0.3 is 14.4 Å². The highest BCUT2D eigenvalue weighted by Gasteiger charge is 2.22. The molecule has 1 unspecified atom stereocenters. The van der Waals surface area contributed by atoms with E-state index in [-0.39, 0.29) is 12.5 Å². The van der Waals surface area contributed by atoms with Crippen LogP contribution in [0.1, 0.15) is 33.3 Å². The first-order valence-electron chi connectivity index (χ1n) is 8.22. The Balaban J connectivity index is 1.86. The van der Waals surface area contributed by atoms with Crippen LogP contribution in [-0.4, -0.2) is 22.5 Å². The Labute approximate surface area is 151 Å². The first kappa shape index (κ1) is 17.5. The molecule has 1 amide bonds. The van der Waals surface area contributed by atoms with Crippen LogP contribution < -0.4 is 0 Å². The number of amides is 1. The van der Waals surface area contributed by atoms with Crippen molar-refractivity contribution in [2.45, 2.75) is 12.6 Å². The van der Waals surface area contributed by atoms with Crippen molar-refractivity contribution in [3.05, 3.63) is 95.4 Å². The minimum absolute atomic E-state index is 0.0814. The van der Waals surface area contributed by atoms with E-state index in [9.17, 15) is 9.90 Å². The lowest BCUT2D eigenvalue weighted by Gasteiger charge is -2.25. The van der Waals surface area contributed by atoms with Crippen molar-refractivity contribution in [2.24, 2.45) is 0 Å². The smallest absolute Gasteiger partial charge is 0.254 e. The summed E-state index contributed by atoms with van der Waals surface area (Å²) in [6.45, 7) is 0.423. The number of aliphatic hydroxyl groups excluding tert-OH is 1. The van der Waals surface area contributed by atoms with Crippen molar-refractivity contribution in [3.8, 4) is 6.07 Å². The van der Waals surface area contributed by atoms with Crippen molar-refractivity contribution in [2.75, 3.05) is 6.54 Å². The van der Waals surface area contributed by atoms with E-state index >= 15 is 0 Å². The molecule has 1 atom stereocenters. The maximum atomic E-state index is 13.0. The van der Waals surface area contributed by atoms with E-state index in [0.717, 1.165) is 5.56 Å². The molecule has 3 aromatic rings. The van der Waals surface area contributed by atoms with Crippen molar-refractivity contribution in [3.63, 3.8) is 0 Å². The molecule has 2 aromatic carbocycles. The molecule has 1 N–H and O–H groups in total. The fourth-order valence-electron chi connectivity index (χ4n) is 2.71. The Morgan fingerprint density at radius 3 is 2.62 bits per heavy atom. The second kappa shape index (κ2) is 8.15. The van der Waals surface area contributed by atoms with Crippen molar-refractivity contribution < 1.29 is 14.3 Å². The highest BCUT2D eigenvalue weighted by Crippen LogP contribution is 2.19. The van der Waals surface area contributed by atoms with Gasteiger partial charge in [0.2, 0.25) is 0 Å². The summed E-state index contributed by atoms with van der Waals surface area (Å²) in [6.07, 6.45) is 0.551. The van der Waals surface area contributed by atoms with Crippen LogP contribution in [0.3, 0.4) is 0 Å². The highest BCUT2D eigenvalue weighted by molar-refractivity contribution is 5.94. The summed E-state index contributed by atoms with van der Waals surface area (Å²) in [5, 5.41) is 19.5. The third kappa shape index (κ3) is 4.18. The Morgan fingerprint density at radius 1 is 1.12 bits per heavy atom. The summed E-state index contributed by atoms with van der Waals surface area (Å²) < 4.78 is 5.24. The van der Waals surface area contributed by atoms with Gasteiger partial charge in [0.15, 0.2) is 0 Å². The molecule has 5 nitrogen and oxygen atoms in total. The molecule has 0 spiro atoms. The van der Waals surface area contributed by atoms with Gasteiger partial charge in [-0.15, -0.1) is 0 Å². The van der Waals surface area contributed by atoms with Gasteiger partial charge in [-0.05, 0) is 35.9 Å². The summed E-state index contributed by atoms with van der Waals surface area (Å²) >= 11 is 0. The molecule has 0 aliphatic rings. The molecule has 0 bridgehead atoms. The Hall–Kier alpha value is -3.36. The van der Waals surface area contributed by atoms with E-state index in [1.54, 1.807) is 41.3 Å². The Bertz CT molecular complexity index is 899. The van der Waals surface area contributed by atoms with Crippen LogP contribution in [0.25, 0.3) is 0 Å². The number of furan rings is 1. The van der Waals surface area contributed by atoms with Gasteiger partial charge in [-0.3, -0.25) is 4.79 Å². The van der Waals surface area contributed by atoms with Gasteiger partial charge in [-0.1, -0.05) is 36.4 Å². The predicted molar refractivity (Wildman–Crippen MR) is 96.0 cm³/mol. The van der Waals surface area contributed by atoms with Gasteiger partial charge >= 0.3 is 0 Å². The molecule has 130 valence electrons. The third-order valence-electron chi connectivity index (χ3n) is 4.01. The SMILES string of the molecule is N#Cc1cccc(C(=O)N(Cc2ccccc2)CC(O)c2ccco2)c1. The zero-order valence-electron chi connectivity index (χ0n) is 14.1. The molecular formula is C21H18N2O3. The quantitative estimate of drug-likeness (QED) is 0.741. The lowest BCUT2D eigenvalue weighted by molar-refractivity contribution is 0.0563. The van der Waals surface area contributed by atoms with Gasteiger partial charge in [-0.2, -0.15) is 5.26 Å². The molecule has 1 aromatic heterocycles. The second-order valence-electron chi connectivity index (χ2n) is 5.90. The molecule has 5 heteroatoms. The number of benzene rings is 2. The van der Waals surface area contributed by atoms with Crippen LogP contribution in [0.15, 0.2) is 77.4 Å². The number of rotatable bonds is 6. The summed E-state index contributed by atoms with van der Waals surface area (Å²) in [5.74, 6) is 0.151. The number of hydrogen-bond donors (Lipinski definition) is 1. The van der Waals surface area contributed by atoms with Crippen molar-refractivity contribution in [1.82, 2.24) is 4.90 Å². The fourth-order valence-corrected chi connectivity index (χ4v) is 2.71. The summed E-state index contributed by atoms with van der Waals surface area (Å²) in [7, 11) is 0. The number of carbonyl (C=O) groups is 1. The molecule has 1 heterocycles. The van der Waals surface area contributed by atoms with Crippen molar-refractivity contribution >= 4 is 5.91 Å². The molecular weight excluding hydrogens is 328 g/mol. The van der Waals surface area contributed by atoms with Gasteiger partial charge in [0.25, 0.3) is 5.91 Å².